The van der Waals surface area contributed by atoms with Crippen molar-refractivity contribution in [3.8, 4) is 0 Å². The average Bonchev–Trinajstić information content (AvgIpc) is 2.25. The first-order valence-corrected chi connectivity index (χ1v) is 6.28. The van der Waals surface area contributed by atoms with Gasteiger partial charge in [-0.1, -0.05) is 0 Å². The molecule has 0 fully saturated rings. The monoisotopic (exact) mass is 253 g/mol. The molecule has 0 amide bonds. The first-order chi connectivity index (χ1) is 8.31. The number of aromatic nitrogens is 2. The van der Waals surface area contributed by atoms with Gasteiger partial charge in [-0.2, -0.15) is 0 Å². The number of hydrogen-bond donors (Lipinski definition) is 2. The van der Waals surface area contributed by atoms with Gasteiger partial charge in [0.05, 0.1) is 5.69 Å². The molecule has 2 N–H and O–H groups in total. The van der Waals surface area contributed by atoms with Gasteiger partial charge in [-0.25, -0.2) is 4.98 Å². The first kappa shape index (κ1) is 14.9. The van der Waals surface area contributed by atoms with Crippen LogP contribution in [0.5, 0.6) is 0 Å². The third-order valence-corrected chi connectivity index (χ3v) is 2.41. The van der Waals surface area contributed by atoms with Crippen LogP contribution < -0.4 is 10.9 Å². The van der Waals surface area contributed by atoms with Gasteiger partial charge in [0.15, 0.2) is 0 Å². The predicted octanol–water partition coefficient (Wildman–Crippen LogP) is 1.76. The molecule has 18 heavy (non-hydrogen) atoms. The molecule has 1 rings (SSSR count). The molecule has 1 heterocycles. The summed E-state index contributed by atoms with van der Waals surface area (Å²) in [5.74, 6) is 0.579. The van der Waals surface area contributed by atoms with E-state index in [1.54, 1.807) is 0 Å². The number of hydrogen-bond acceptors (Lipinski definition) is 4. The topological polar surface area (TPSA) is 67.0 Å². The second-order valence-corrected chi connectivity index (χ2v) is 5.32. The van der Waals surface area contributed by atoms with E-state index in [9.17, 15) is 4.79 Å². The molecule has 0 aromatic carbocycles. The molecule has 0 saturated carbocycles. The van der Waals surface area contributed by atoms with Crippen molar-refractivity contribution < 1.29 is 4.74 Å². The fraction of sp³-hybridized carbons (Fsp3) is 0.692. The van der Waals surface area contributed by atoms with Crippen molar-refractivity contribution in [1.29, 1.82) is 0 Å². The highest BCUT2D eigenvalue weighted by atomic mass is 16.5. The van der Waals surface area contributed by atoms with Gasteiger partial charge in [0.1, 0.15) is 11.9 Å². The largest absolute Gasteiger partial charge is 0.371 e. The van der Waals surface area contributed by atoms with Crippen molar-refractivity contribution in [3.63, 3.8) is 0 Å². The summed E-state index contributed by atoms with van der Waals surface area (Å²) in [5.41, 5.74) is 0.586. The van der Waals surface area contributed by atoms with Crippen molar-refractivity contribution >= 4 is 0 Å². The van der Waals surface area contributed by atoms with Crippen LogP contribution in [0.15, 0.2) is 10.9 Å². The van der Waals surface area contributed by atoms with Crippen molar-refractivity contribution in [2.45, 2.75) is 52.8 Å². The zero-order valence-electron chi connectivity index (χ0n) is 11.8. The number of nitrogens with zero attached hydrogens (tertiary/aromatic N) is 1. The summed E-state index contributed by atoms with van der Waals surface area (Å²) in [6.07, 6.45) is -0.197. The van der Waals surface area contributed by atoms with Crippen LogP contribution in [0.1, 0.15) is 52.2 Å². The number of rotatable bonds is 5. The van der Waals surface area contributed by atoms with Gasteiger partial charge in [0.2, 0.25) is 0 Å². The number of aromatic amines is 1. The Balaban J connectivity index is 2.84. The van der Waals surface area contributed by atoms with E-state index in [1.807, 2.05) is 13.8 Å². The molecule has 5 heteroatoms. The number of nitrogens with one attached hydrogen (secondary N) is 2. The van der Waals surface area contributed by atoms with Crippen molar-refractivity contribution in [3.05, 3.63) is 27.9 Å². The van der Waals surface area contributed by atoms with Gasteiger partial charge in [-0.15, -0.1) is 0 Å². The Morgan fingerprint density at radius 1 is 1.50 bits per heavy atom. The van der Waals surface area contributed by atoms with Gasteiger partial charge in [-0.3, -0.25) is 4.79 Å². The van der Waals surface area contributed by atoms with Gasteiger partial charge >= 0.3 is 0 Å². The molecule has 1 aromatic heterocycles. The maximum atomic E-state index is 11.6. The van der Waals surface area contributed by atoms with E-state index in [4.69, 9.17) is 4.74 Å². The van der Waals surface area contributed by atoms with Gasteiger partial charge in [0.25, 0.3) is 5.56 Å². The van der Waals surface area contributed by atoms with Crippen LogP contribution in [-0.4, -0.2) is 22.1 Å². The normalized spacial score (nSPS) is 13.6. The van der Waals surface area contributed by atoms with E-state index in [1.165, 1.54) is 6.07 Å². The summed E-state index contributed by atoms with van der Waals surface area (Å²) < 4.78 is 5.43. The molecule has 0 aliphatic heterocycles. The van der Waals surface area contributed by atoms with Crippen molar-refractivity contribution in [2.24, 2.45) is 0 Å². The highest BCUT2D eigenvalue weighted by Crippen LogP contribution is 2.10. The van der Waals surface area contributed by atoms with Crippen LogP contribution in [0.25, 0.3) is 0 Å². The molecule has 0 spiro atoms. The molecular weight excluding hydrogens is 230 g/mol. The SMILES string of the molecule is CCOC(C)c1nc(CNC(C)(C)C)cc(=O)[nH]1. The van der Waals surface area contributed by atoms with E-state index in [-0.39, 0.29) is 17.2 Å². The third kappa shape index (κ3) is 4.98. The Labute approximate surface area is 108 Å². The Bertz CT molecular complexity index is 435. The van der Waals surface area contributed by atoms with E-state index in [0.717, 1.165) is 5.69 Å². The van der Waals surface area contributed by atoms with E-state index < -0.39 is 0 Å². The Morgan fingerprint density at radius 2 is 2.17 bits per heavy atom. The Kier molecular flexibility index (Phi) is 5.04. The molecule has 1 aromatic rings. The second-order valence-electron chi connectivity index (χ2n) is 5.32. The van der Waals surface area contributed by atoms with E-state index >= 15 is 0 Å². The van der Waals surface area contributed by atoms with Gasteiger partial charge in [0, 0.05) is 24.8 Å². The molecule has 1 atom stereocenters. The smallest absolute Gasteiger partial charge is 0.251 e. The van der Waals surface area contributed by atoms with Crippen LogP contribution in [0.4, 0.5) is 0 Å². The number of ether oxygens (including phenoxy) is 1. The maximum Gasteiger partial charge on any atom is 0.251 e. The highest BCUT2D eigenvalue weighted by molar-refractivity contribution is 5.04. The minimum absolute atomic E-state index is 0.00399. The van der Waals surface area contributed by atoms with Crippen LogP contribution >= 0.6 is 0 Å². The molecule has 0 saturated heterocycles. The van der Waals surface area contributed by atoms with Crippen molar-refractivity contribution in [1.82, 2.24) is 15.3 Å². The summed E-state index contributed by atoms with van der Waals surface area (Å²) in [7, 11) is 0. The Morgan fingerprint density at radius 3 is 2.72 bits per heavy atom. The average molecular weight is 253 g/mol. The van der Waals surface area contributed by atoms with Gasteiger partial charge in [-0.05, 0) is 34.6 Å². The maximum absolute atomic E-state index is 11.6. The quantitative estimate of drug-likeness (QED) is 0.839. The molecule has 0 aliphatic rings. The predicted molar refractivity (Wildman–Crippen MR) is 71.5 cm³/mol. The molecule has 102 valence electrons. The number of H-pyrrole nitrogens is 1. The summed E-state index contributed by atoms with van der Waals surface area (Å²) in [4.78, 5) is 18.7. The summed E-state index contributed by atoms with van der Waals surface area (Å²) in [5, 5.41) is 3.31. The lowest BCUT2D eigenvalue weighted by Crippen LogP contribution is -2.35. The summed E-state index contributed by atoms with van der Waals surface area (Å²) in [6.45, 7) is 11.2. The van der Waals surface area contributed by atoms with Crippen LogP contribution in [0.2, 0.25) is 0 Å². The van der Waals surface area contributed by atoms with Crippen LogP contribution in [-0.2, 0) is 11.3 Å². The molecule has 0 bridgehead atoms. The second kappa shape index (κ2) is 6.11. The van der Waals surface area contributed by atoms with Crippen molar-refractivity contribution in [2.75, 3.05) is 6.61 Å². The molecule has 0 aliphatic carbocycles. The summed E-state index contributed by atoms with van der Waals surface area (Å²) >= 11 is 0. The lowest BCUT2D eigenvalue weighted by molar-refractivity contribution is 0.0696. The molecule has 0 radical (unpaired) electrons. The van der Waals surface area contributed by atoms with E-state index in [0.29, 0.717) is 19.0 Å². The zero-order valence-corrected chi connectivity index (χ0v) is 11.8. The fourth-order valence-corrected chi connectivity index (χ4v) is 1.50. The zero-order chi connectivity index (χ0) is 13.8. The minimum atomic E-state index is -0.197. The highest BCUT2D eigenvalue weighted by Gasteiger charge is 2.12. The summed E-state index contributed by atoms with van der Waals surface area (Å²) in [6, 6.07) is 1.51. The van der Waals surface area contributed by atoms with Crippen LogP contribution in [0.3, 0.4) is 0 Å². The fourth-order valence-electron chi connectivity index (χ4n) is 1.50. The molecule has 1 unspecified atom stereocenters. The van der Waals surface area contributed by atoms with Gasteiger partial charge < -0.3 is 15.0 Å². The lowest BCUT2D eigenvalue weighted by atomic mass is 10.1. The molecular formula is C13H23N3O2. The first-order valence-electron chi connectivity index (χ1n) is 6.28. The lowest BCUT2D eigenvalue weighted by Gasteiger charge is -2.20. The Hall–Kier alpha value is -1.20. The van der Waals surface area contributed by atoms with Crippen LogP contribution in [0, 0.1) is 0 Å². The standard InChI is InChI=1S/C13H23N3O2/c1-6-18-9(2)12-15-10(7-11(17)16-12)8-14-13(3,4)5/h7,9,14H,6,8H2,1-5H3,(H,15,16,17). The third-order valence-electron chi connectivity index (χ3n) is 2.41. The van der Waals surface area contributed by atoms with E-state index in [2.05, 4.69) is 36.1 Å². The molecule has 5 nitrogen and oxygen atoms in total. The minimum Gasteiger partial charge on any atom is -0.371 e.